The summed E-state index contributed by atoms with van der Waals surface area (Å²) in [4.78, 5) is 16.7. The van der Waals surface area contributed by atoms with Gasteiger partial charge >= 0.3 is 0 Å². The second-order valence-electron chi connectivity index (χ2n) is 5.87. The van der Waals surface area contributed by atoms with Gasteiger partial charge in [0.05, 0.1) is 11.8 Å². The number of hydrogen-bond acceptors (Lipinski definition) is 5. The molecule has 0 saturated carbocycles. The van der Waals surface area contributed by atoms with Gasteiger partial charge < -0.3 is 15.5 Å². The van der Waals surface area contributed by atoms with Gasteiger partial charge in [0.1, 0.15) is 17.0 Å². The lowest BCUT2D eigenvalue weighted by Crippen LogP contribution is -2.52. The molecule has 3 N–H and O–H groups in total. The maximum atomic E-state index is 12.3. The lowest BCUT2D eigenvalue weighted by Gasteiger charge is -2.30. The van der Waals surface area contributed by atoms with Crippen molar-refractivity contribution in [3.63, 3.8) is 0 Å². The van der Waals surface area contributed by atoms with Crippen LogP contribution in [0.3, 0.4) is 0 Å². The highest BCUT2D eigenvalue weighted by Crippen LogP contribution is 2.24. The van der Waals surface area contributed by atoms with E-state index in [4.69, 9.17) is 10.2 Å². The smallest absolute Gasteiger partial charge is 0.271 e. The Labute approximate surface area is 152 Å². The molecule has 0 aliphatic rings. The number of amides is 1. The van der Waals surface area contributed by atoms with Crippen LogP contribution in [0.2, 0.25) is 0 Å². The van der Waals surface area contributed by atoms with Crippen LogP contribution in [0.4, 0.5) is 0 Å². The summed E-state index contributed by atoms with van der Waals surface area (Å²) in [6.07, 6.45) is 4.03. The quantitative estimate of drug-likeness (QED) is 0.800. The second kappa shape index (κ2) is 9.27. The molecule has 0 aliphatic carbocycles. The number of thiazole rings is 1. The molecule has 23 heavy (non-hydrogen) atoms. The number of nitrogens with zero attached hydrogens (tertiary/aromatic N) is 1. The Hall–Kier alpha value is -1.08. The first-order chi connectivity index (χ1) is 9.93. The number of carbonyl (C=O) groups excluding carboxylic acids is 1. The summed E-state index contributed by atoms with van der Waals surface area (Å²) in [6, 6.07) is 1.82. The van der Waals surface area contributed by atoms with Crippen molar-refractivity contribution in [2.45, 2.75) is 32.7 Å². The highest BCUT2D eigenvalue weighted by atomic mass is 35.5. The van der Waals surface area contributed by atoms with Crippen LogP contribution in [0.25, 0.3) is 10.6 Å². The number of nitrogens with one attached hydrogen (secondary N) is 1. The van der Waals surface area contributed by atoms with Crippen LogP contribution >= 0.6 is 36.2 Å². The van der Waals surface area contributed by atoms with Crippen LogP contribution < -0.4 is 11.1 Å². The number of nitrogens with two attached hydrogens (primary N) is 1. The first-order valence-corrected chi connectivity index (χ1v) is 7.82. The molecular weight excluding hydrogens is 357 g/mol. The molecule has 0 aromatic carbocycles. The molecule has 1 unspecified atom stereocenters. The van der Waals surface area contributed by atoms with Crippen LogP contribution in [-0.2, 0) is 0 Å². The molecule has 1 atom stereocenters. The summed E-state index contributed by atoms with van der Waals surface area (Å²) in [5.41, 5.74) is 6.70. The maximum absolute atomic E-state index is 12.3. The number of rotatable bonds is 6. The van der Waals surface area contributed by atoms with E-state index in [9.17, 15) is 4.79 Å². The van der Waals surface area contributed by atoms with Gasteiger partial charge in [-0.3, -0.25) is 4.79 Å². The Morgan fingerprint density at radius 3 is 2.70 bits per heavy atom. The van der Waals surface area contributed by atoms with Crippen molar-refractivity contribution >= 4 is 42.1 Å². The molecule has 2 rings (SSSR count). The van der Waals surface area contributed by atoms with Gasteiger partial charge in [0.25, 0.3) is 5.91 Å². The molecule has 2 heterocycles. The lowest BCUT2D eigenvalue weighted by molar-refractivity contribution is 0.0894. The van der Waals surface area contributed by atoms with E-state index in [-0.39, 0.29) is 30.7 Å². The third kappa shape index (κ3) is 5.80. The molecule has 0 saturated heterocycles. The third-order valence-electron chi connectivity index (χ3n) is 3.23. The van der Waals surface area contributed by atoms with Crippen LogP contribution in [-0.4, -0.2) is 23.0 Å². The summed E-state index contributed by atoms with van der Waals surface area (Å²) in [5, 5.41) is 5.53. The molecule has 130 valence electrons. The number of carbonyl (C=O) groups is 1. The molecule has 0 aliphatic heterocycles. The number of furan rings is 1. The standard InChI is InChI=1S/C15H21N3O2S.2ClH/c1-10(2)6-15(3,9-16)18-13(19)12-8-21-14(17-12)11-4-5-20-7-11;;/h4-5,7-8,10H,6,9,16H2,1-3H3,(H,18,19);2*1H. The van der Waals surface area contributed by atoms with Crippen molar-refractivity contribution in [3.8, 4) is 10.6 Å². The number of aromatic nitrogens is 1. The van der Waals surface area contributed by atoms with E-state index < -0.39 is 5.54 Å². The van der Waals surface area contributed by atoms with E-state index >= 15 is 0 Å². The van der Waals surface area contributed by atoms with Gasteiger partial charge in [-0.15, -0.1) is 36.2 Å². The monoisotopic (exact) mass is 379 g/mol. The molecule has 0 spiro atoms. The fraction of sp³-hybridized carbons (Fsp3) is 0.467. The van der Waals surface area contributed by atoms with E-state index in [1.807, 2.05) is 13.0 Å². The normalized spacial score (nSPS) is 12.9. The minimum Gasteiger partial charge on any atom is -0.472 e. The predicted molar refractivity (Wildman–Crippen MR) is 98.7 cm³/mol. The van der Waals surface area contributed by atoms with Crippen molar-refractivity contribution in [3.05, 3.63) is 29.7 Å². The van der Waals surface area contributed by atoms with Crippen molar-refractivity contribution in [2.24, 2.45) is 11.7 Å². The average Bonchev–Trinajstić information content (AvgIpc) is 3.08. The number of hydrogen-bond donors (Lipinski definition) is 2. The minimum atomic E-state index is -0.412. The third-order valence-corrected chi connectivity index (χ3v) is 4.12. The molecule has 1 amide bonds. The van der Waals surface area contributed by atoms with Crippen molar-refractivity contribution in [1.82, 2.24) is 10.3 Å². The molecule has 0 fully saturated rings. The van der Waals surface area contributed by atoms with Crippen LogP contribution in [0, 0.1) is 5.92 Å². The molecule has 2 aromatic heterocycles. The van der Waals surface area contributed by atoms with Gasteiger partial charge in [-0.05, 0) is 25.3 Å². The summed E-state index contributed by atoms with van der Waals surface area (Å²) in [5.74, 6) is 0.269. The van der Waals surface area contributed by atoms with Crippen LogP contribution in [0.15, 0.2) is 28.4 Å². The minimum absolute atomic E-state index is 0. The van der Waals surface area contributed by atoms with Crippen molar-refractivity contribution in [2.75, 3.05) is 6.54 Å². The van der Waals surface area contributed by atoms with E-state index in [1.165, 1.54) is 11.3 Å². The highest BCUT2D eigenvalue weighted by Gasteiger charge is 2.27. The Bertz CT molecular complexity index is 602. The van der Waals surface area contributed by atoms with Gasteiger partial charge in [-0.2, -0.15) is 0 Å². The molecule has 5 nitrogen and oxygen atoms in total. The van der Waals surface area contributed by atoms with Gasteiger partial charge in [-0.1, -0.05) is 13.8 Å². The van der Waals surface area contributed by atoms with Gasteiger partial charge in [0.2, 0.25) is 0 Å². The summed E-state index contributed by atoms with van der Waals surface area (Å²) in [7, 11) is 0. The maximum Gasteiger partial charge on any atom is 0.271 e. The predicted octanol–water partition coefficient (Wildman–Crippen LogP) is 3.74. The number of halogens is 2. The molecule has 0 radical (unpaired) electrons. The van der Waals surface area contributed by atoms with Crippen LogP contribution in [0.1, 0.15) is 37.7 Å². The summed E-state index contributed by atoms with van der Waals surface area (Å²) in [6.45, 7) is 6.59. The average molecular weight is 380 g/mol. The second-order valence-corrected chi connectivity index (χ2v) is 6.72. The molecule has 2 aromatic rings. The Morgan fingerprint density at radius 2 is 2.17 bits per heavy atom. The van der Waals surface area contributed by atoms with E-state index in [2.05, 4.69) is 24.1 Å². The topological polar surface area (TPSA) is 81.1 Å². The first kappa shape index (κ1) is 21.9. The highest BCUT2D eigenvalue weighted by molar-refractivity contribution is 7.13. The molecule has 8 heteroatoms. The fourth-order valence-corrected chi connectivity index (χ4v) is 3.11. The van der Waals surface area contributed by atoms with E-state index in [0.717, 1.165) is 17.0 Å². The van der Waals surface area contributed by atoms with Gasteiger partial charge in [0.15, 0.2) is 0 Å². The van der Waals surface area contributed by atoms with E-state index in [1.54, 1.807) is 17.9 Å². The zero-order valence-corrected chi connectivity index (χ0v) is 15.8. The van der Waals surface area contributed by atoms with Crippen molar-refractivity contribution < 1.29 is 9.21 Å². The Kier molecular flexibility index (Phi) is 8.84. The largest absolute Gasteiger partial charge is 0.472 e. The summed E-state index contributed by atoms with van der Waals surface area (Å²) >= 11 is 1.42. The fourth-order valence-electron chi connectivity index (χ4n) is 2.32. The summed E-state index contributed by atoms with van der Waals surface area (Å²) < 4.78 is 5.03. The van der Waals surface area contributed by atoms with E-state index in [0.29, 0.717) is 18.2 Å². The zero-order chi connectivity index (χ0) is 15.5. The Balaban J connectivity index is 0.00000242. The van der Waals surface area contributed by atoms with Gasteiger partial charge in [-0.25, -0.2) is 4.98 Å². The van der Waals surface area contributed by atoms with Crippen molar-refractivity contribution in [1.29, 1.82) is 0 Å². The van der Waals surface area contributed by atoms with Gasteiger partial charge in [0, 0.05) is 17.5 Å². The SMILES string of the molecule is CC(C)CC(C)(CN)NC(=O)c1csc(-c2ccoc2)n1.Cl.Cl. The zero-order valence-electron chi connectivity index (χ0n) is 13.4. The molecule has 0 bridgehead atoms. The molecular formula is C15H23Cl2N3O2S. The Morgan fingerprint density at radius 1 is 1.48 bits per heavy atom. The first-order valence-electron chi connectivity index (χ1n) is 6.94. The lowest BCUT2D eigenvalue weighted by atomic mass is 9.90. The van der Waals surface area contributed by atoms with Crippen LogP contribution in [0.5, 0.6) is 0 Å².